The highest BCUT2D eigenvalue weighted by atomic mass is 32.2. The largest absolute Gasteiger partial charge is 0.493 e. The molecule has 2 aromatic carbocycles. The summed E-state index contributed by atoms with van der Waals surface area (Å²) in [6.45, 7) is 6.60. The van der Waals surface area contributed by atoms with E-state index in [1.54, 1.807) is 30.5 Å². The molecule has 32 heavy (non-hydrogen) atoms. The van der Waals surface area contributed by atoms with Gasteiger partial charge >= 0.3 is 0 Å². The minimum Gasteiger partial charge on any atom is -0.493 e. The summed E-state index contributed by atoms with van der Waals surface area (Å²) in [5.74, 6) is 0.768. The molecule has 3 rings (SSSR count). The molecule has 0 fully saturated rings. The average molecular weight is 458 g/mol. The van der Waals surface area contributed by atoms with Gasteiger partial charge in [-0.2, -0.15) is 0 Å². The van der Waals surface area contributed by atoms with E-state index in [2.05, 4.69) is 29.1 Å². The average Bonchev–Trinajstić information content (AvgIpc) is 2.76. The molecular formula is C23H27N3O5S. The summed E-state index contributed by atoms with van der Waals surface area (Å²) < 4.78 is 36.6. The Balaban J connectivity index is 1.74. The van der Waals surface area contributed by atoms with E-state index in [1.165, 1.54) is 19.2 Å². The smallest absolute Gasteiger partial charge is 0.266 e. The van der Waals surface area contributed by atoms with Gasteiger partial charge < -0.3 is 9.47 Å². The highest BCUT2D eigenvalue weighted by Crippen LogP contribution is 2.28. The van der Waals surface area contributed by atoms with Crippen molar-refractivity contribution in [3.05, 3.63) is 59.8 Å². The van der Waals surface area contributed by atoms with E-state index in [-0.39, 0.29) is 10.5 Å². The summed E-state index contributed by atoms with van der Waals surface area (Å²) in [5, 5.41) is 0.692. The molecule has 0 spiro atoms. The van der Waals surface area contributed by atoms with Crippen molar-refractivity contribution in [3.63, 3.8) is 0 Å². The highest BCUT2D eigenvalue weighted by molar-refractivity contribution is 7.89. The Hall–Kier alpha value is -3.17. The molecule has 170 valence electrons. The van der Waals surface area contributed by atoms with Gasteiger partial charge in [0.25, 0.3) is 15.9 Å². The number of rotatable bonds is 9. The van der Waals surface area contributed by atoms with E-state index in [0.717, 1.165) is 12.0 Å². The van der Waals surface area contributed by atoms with Gasteiger partial charge in [-0.3, -0.25) is 15.2 Å². The lowest BCUT2D eigenvalue weighted by atomic mass is 10.1. The first kappa shape index (κ1) is 23.5. The number of amides is 1. The molecule has 8 nitrogen and oxygen atoms in total. The number of ether oxygens (including phenoxy) is 2. The highest BCUT2D eigenvalue weighted by Gasteiger charge is 2.20. The molecule has 0 saturated heterocycles. The molecule has 0 atom stereocenters. The molecule has 0 bridgehead atoms. The number of hydrazine groups is 1. The maximum absolute atomic E-state index is 12.8. The van der Waals surface area contributed by atoms with Crippen molar-refractivity contribution in [2.45, 2.75) is 32.1 Å². The van der Waals surface area contributed by atoms with E-state index in [1.807, 2.05) is 13.0 Å². The zero-order chi connectivity index (χ0) is 23.3. The number of nitrogens with zero attached hydrogens (tertiary/aromatic N) is 1. The van der Waals surface area contributed by atoms with Gasteiger partial charge in [0.15, 0.2) is 11.5 Å². The summed E-state index contributed by atoms with van der Waals surface area (Å²) in [6, 6.07) is 11.4. The van der Waals surface area contributed by atoms with Crippen LogP contribution in [0.1, 0.15) is 36.2 Å². The molecule has 1 heterocycles. The second-order valence-corrected chi connectivity index (χ2v) is 9.45. The number of hydrogen-bond donors (Lipinski definition) is 2. The van der Waals surface area contributed by atoms with Crippen LogP contribution in [0.25, 0.3) is 10.9 Å². The molecule has 9 heteroatoms. The normalized spacial score (nSPS) is 11.5. The minimum atomic E-state index is -4.05. The number of aryl methyl sites for hydroxylation is 1. The van der Waals surface area contributed by atoms with Gasteiger partial charge in [0.2, 0.25) is 0 Å². The van der Waals surface area contributed by atoms with Crippen LogP contribution in [0.3, 0.4) is 0 Å². The van der Waals surface area contributed by atoms with E-state index in [9.17, 15) is 13.2 Å². The van der Waals surface area contributed by atoms with Crippen LogP contribution in [0.4, 0.5) is 0 Å². The van der Waals surface area contributed by atoms with Crippen LogP contribution in [0.5, 0.6) is 11.5 Å². The third-order valence-corrected chi connectivity index (χ3v) is 6.06. The third-order valence-electron chi connectivity index (χ3n) is 4.78. The van der Waals surface area contributed by atoms with E-state index in [0.29, 0.717) is 34.9 Å². The number of sulfonamides is 1. The van der Waals surface area contributed by atoms with Crippen LogP contribution in [0, 0.1) is 12.8 Å². The minimum absolute atomic E-state index is 0.0261. The molecule has 0 aliphatic rings. The summed E-state index contributed by atoms with van der Waals surface area (Å²) >= 11 is 0. The number of aromatic nitrogens is 1. The standard InChI is InChI=1S/C23H27N3O5S/c1-15(2)10-11-31-19-9-8-18(13-20(19)30-4)23(27)25-26-32(28,29)21-7-5-6-17-12-16(3)14-24-22(17)21/h5-9,12-15,26H,10-11H2,1-4H3,(H,25,27). The fourth-order valence-corrected chi connectivity index (χ4v) is 4.05. The van der Waals surface area contributed by atoms with Crippen molar-refractivity contribution in [1.29, 1.82) is 0 Å². The Kier molecular flexibility index (Phi) is 7.32. The van der Waals surface area contributed by atoms with Gasteiger partial charge in [-0.25, -0.2) is 8.42 Å². The number of nitrogens with one attached hydrogen (secondary N) is 2. The first-order chi connectivity index (χ1) is 15.2. The predicted octanol–water partition coefficient (Wildman–Crippen LogP) is 3.60. The van der Waals surface area contributed by atoms with Crippen LogP contribution in [-0.4, -0.2) is 33.0 Å². The van der Waals surface area contributed by atoms with Gasteiger partial charge in [-0.1, -0.05) is 26.0 Å². The summed E-state index contributed by atoms with van der Waals surface area (Å²) in [6.07, 6.45) is 2.48. The first-order valence-corrected chi connectivity index (χ1v) is 11.7. The molecule has 3 aromatic rings. The topological polar surface area (TPSA) is 107 Å². The van der Waals surface area contributed by atoms with E-state index in [4.69, 9.17) is 9.47 Å². The Morgan fingerprint density at radius 3 is 2.62 bits per heavy atom. The number of benzene rings is 2. The first-order valence-electron chi connectivity index (χ1n) is 10.2. The number of fused-ring (bicyclic) bond motifs is 1. The Morgan fingerprint density at radius 2 is 1.91 bits per heavy atom. The quantitative estimate of drug-likeness (QED) is 0.476. The molecule has 0 radical (unpaired) electrons. The predicted molar refractivity (Wildman–Crippen MR) is 122 cm³/mol. The number of methoxy groups -OCH3 is 1. The van der Waals surface area contributed by atoms with Crippen molar-refractivity contribution in [2.75, 3.05) is 13.7 Å². The molecule has 1 aromatic heterocycles. The third kappa shape index (κ3) is 5.54. The van der Waals surface area contributed by atoms with Crippen LogP contribution >= 0.6 is 0 Å². The van der Waals surface area contributed by atoms with E-state index >= 15 is 0 Å². The van der Waals surface area contributed by atoms with Crippen molar-refractivity contribution in [3.8, 4) is 11.5 Å². The molecule has 0 aliphatic carbocycles. The van der Waals surface area contributed by atoms with Gasteiger partial charge in [0, 0.05) is 17.1 Å². The summed E-state index contributed by atoms with van der Waals surface area (Å²) in [7, 11) is -2.57. The van der Waals surface area contributed by atoms with Crippen molar-refractivity contribution in [2.24, 2.45) is 5.92 Å². The lowest BCUT2D eigenvalue weighted by molar-refractivity contribution is 0.0944. The molecule has 0 saturated carbocycles. The van der Waals surface area contributed by atoms with E-state index < -0.39 is 15.9 Å². The van der Waals surface area contributed by atoms with Gasteiger partial charge in [-0.05, 0) is 55.2 Å². The maximum Gasteiger partial charge on any atom is 0.266 e. The zero-order valence-electron chi connectivity index (χ0n) is 18.5. The maximum atomic E-state index is 12.8. The van der Waals surface area contributed by atoms with Crippen LogP contribution in [0.15, 0.2) is 53.6 Å². The zero-order valence-corrected chi connectivity index (χ0v) is 19.3. The fraction of sp³-hybridized carbons (Fsp3) is 0.304. The second kappa shape index (κ2) is 9.97. The van der Waals surface area contributed by atoms with Crippen molar-refractivity contribution >= 4 is 26.8 Å². The molecule has 1 amide bonds. The Bertz CT molecular complexity index is 1230. The summed E-state index contributed by atoms with van der Waals surface area (Å²) in [4.78, 5) is 18.9. The Morgan fingerprint density at radius 1 is 1.12 bits per heavy atom. The number of pyridine rings is 1. The fourth-order valence-electron chi connectivity index (χ4n) is 3.03. The number of carbonyl (C=O) groups excluding carboxylic acids is 1. The van der Waals surface area contributed by atoms with Gasteiger partial charge in [0.1, 0.15) is 4.90 Å². The van der Waals surface area contributed by atoms with Crippen molar-refractivity contribution in [1.82, 2.24) is 15.2 Å². The molecule has 0 unspecified atom stereocenters. The van der Waals surface area contributed by atoms with Crippen LogP contribution in [0.2, 0.25) is 0 Å². The SMILES string of the molecule is COc1cc(C(=O)NNS(=O)(=O)c2cccc3cc(C)cnc23)ccc1OCCC(C)C. The molecule has 2 N–H and O–H groups in total. The lowest BCUT2D eigenvalue weighted by Crippen LogP contribution is -2.41. The second-order valence-electron chi connectivity index (χ2n) is 7.80. The lowest BCUT2D eigenvalue weighted by Gasteiger charge is -2.14. The van der Waals surface area contributed by atoms with Crippen LogP contribution in [-0.2, 0) is 10.0 Å². The number of hydrogen-bond acceptors (Lipinski definition) is 6. The number of carbonyl (C=O) groups is 1. The monoisotopic (exact) mass is 457 g/mol. The summed E-state index contributed by atoms with van der Waals surface area (Å²) in [5.41, 5.74) is 3.70. The van der Waals surface area contributed by atoms with Crippen LogP contribution < -0.4 is 19.7 Å². The molecule has 0 aliphatic heterocycles. The number of para-hydroxylation sites is 1. The van der Waals surface area contributed by atoms with Gasteiger partial charge in [0.05, 0.1) is 19.2 Å². The van der Waals surface area contributed by atoms with Crippen molar-refractivity contribution < 1.29 is 22.7 Å². The molecular weight excluding hydrogens is 430 g/mol. The Labute approximate surface area is 188 Å². The van der Waals surface area contributed by atoms with Gasteiger partial charge in [-0.15, -0.1) is 4.83 Å².